The molecule has 22 heavy (non-hydrogen) atoms. The molecule has 0 aliphatic heterocycles. The second kappa shape index (κ2) is 7.26. The van der Waals surface area contributed by atoms with Crippen LogP contribution in [-0.4, -0.2) is 19.1 Å². The Balaban J connectivity index is 1.85. The molecule has 0 unspecified atom stereocenters. The predicted molar refractivity (Wildman–Crippen MR) is 84.8 cm³/mol. The molecule has 0 aliphatic carbocycles. The molecule has 0 aliphatic rings. The van der Waals surface area contributed by atoms with Crippen molar-refractivity contribution in [2.75, 3.05) is 12.4 Å². The van der Waals surface area contributed by atoms with Crippen LogP contribution >= 0.6 is 0 Å². The summed E-state index contributed by atoms with van der Waals surface area (Å²) in [7, 11) is 1.34. The topological polar surface area (TPSA) is 67.4 Å². The van der Waals surface area contributed by atoms with Gasteiger partial charge in [0, 0.05) is 12.2 Å². The second-order valence-corrected chi connectivity index (χ2v) is 4.86. The van der Waals surface area contributed by atoms with E-state index >= 15 is 0 Å². The molecule has 2 aromatic carbocycles. The molecule has 0 atom stereocenters. The van der Waals surface area contributed by atoms with E-state index in [2.05, 4.69) is 15.4 Å². The molecule has 0 bridgehead atoms. The number of amides is 2. The lowest BCUT2D eigenvalue weighted by atomic mass is 10.1. The Bertz CT molecular complexity index is 649. The van der Waals surface area contributed by atoms with E-state index in [1.54, 1.807) is 24.3 Å². The Morgan fingerprint density at radius 1 is 1.00 bits per heavy atom. The fourth-order valence-electron chi connectivity index (χ4n) is 1.87. The summed E-state index contributed by atoms with van der Waals surface area (Å²) < 4.78 is 4.63. The lowest BCUT2D eigenvalue weighted by molar-refractivity contribution is 0.0600. The Labute approximate surface area is 129 Å². The number of rotatable bonds is 4. The molecule has 2 aromatic rings. The molecule has 5 heteroatoms. The van der Waals surface area contributed by atoms with Gasteiger partial charge in [0.2, 0.25) is 0 Å². The van der Waals surface area contributed by atoms with Crippen molar-refractivity contribution in [3.05, 3.63) is 65.2 Å². The van der Waals surface area contributed by atoms with Crippen LogP contribution in [0.25, 0.3) is 0 Å². The number of hydrogen-bond acceptors (Lipinski definition) is 3. The minimum absolute atomic E-state index is 0.277. The summed E-state index contributed by atoms with van der Waals surface area (Å²) in [5.74, 6) is -0.378. The lowest BCUT2D eigenvalue weighted by Gasteiger charge is -2.08. The van der Waals surface area contributed by atoms with Gasteiger partial charge in [0.25, 0.3) is 0 Å². The molecule has 0 radical (unpaired) electrons. The highest BCUT2D eigenvalue weighted by Gasteiger charge is 2.05. The van der Waals surface area contributed by atoms with E-state index < -0.39 is 0 Å². The van der Waals surface area contributed by atoms with E-state index in [0.29, 0.717) is 12.1 Å². The smallest absolute Gasteiger partial charge is 0.337 e. The maximum atomic E-state index is 11.8. The summed E-state index contributed by atoms with van der Waals surface area (Å²) in [6.07, 6.45) is 0. The van der Waals surface area contributed by atoms with Crippen molar-refractivity contribution >= 4 is 17.7 Å². The average Bonchev–Trinajstić information content (AvgIpc) is 2.55. The van der Waals surface area contributed by atoms with Crippen LogP contribution in [0.4, 0.5) is 10.5 Å². The summed E-state index contributed by atoms with van der Waals surface area (Å²) in [6, 6.07) is 14.2. The van der Waals surface area contributed by atoms with Crippen LogP contribution in [0.3, 0.4) is 0 Å². The zero-order valence-electron chi connectivity index (χ0n) is 12.6. The van der Waals surface area contributed by atoms with Crippen LogP contribution in [0, 0.1) is 6.92 Å². The minimum atomic E-state index is -0.378. The van der Waals surface area contributed by atoms with Gasteiger partial charge in [-0.2, -0.15) is 0 Å². The summed E-state index contributed by atoms with van der Waals surface area (Å²) in [4.78, 5) is 23.1. The van der Waals surface area contributed by atoms with Gasteiger partial charge in [-0.05, 0) is 36.8 Å². The van der Waals surface area contributed by atoms with Gasteiger partial charge >= 0.3 is 12.0 Å². The largest absolute Gasteiger partial charge is 0.465 e. The summed E-state index contributed by atoms with van der Waals surface area (Å²) in [5.41, 5.74) is 3.25. The number of ether oxygens (including phenoxy) is 1. The van der Waals surface area contributed by atoms with E-state index in [4.69, 9.17) is 0 Å². The molecule has 2 N–H and O–H groups in total. The zero-order valence-corrected chi connectivity index (χ0v) is 12.6. The van der Waals surface area contributed by atoms with Crippen LogP contribution in [0.1, 0.15) is 21.5 Å². The first-order valence-electron chi connectivity index (χ1n) is 6.87. The highest BCUT2D eigenvalue weighted by atomic mass is 16.5. The van der Waals surface area contributed by atoms with Gasteiger partial charge in [0.05, 0.1) is 12.7 Å². The summed E-state index contributed by atoms with van der Waals surface area (Å²) >= 11 is 0. The molecule has 2 amide bonds. The molecule has 0 fully saturated rings. The molecule has 0 spiro atoms. The maximum Gasteiger partial charge on any atom is 0.337 e. The molecule has 0 aromatic heterocycles. The van der Waals surface area contributed by atoms with Gasteiger partial charge in [-0.3, -0.25) is 0 Å². The summed E-state index contributed by atoms with van der Waals surface area (Å²) in [5, 5.41) is 5.51. The van der Waals surface area contributed by atoms with E-state index in [1.165, 1.54) is 7.11 Å². The van der Waals surface area contributed by atoms with Crippen molar-refractivity contribution < 1.29 is 14.3 Å². The SMILES string of the molecule is COC(=O)c1ccc(CNC(=O)Nc2ccc(C)cc2)cc1. The van der Waals surface area contributed by atoms with E-state index in [0.717, 1.165) is 16.8 Å². The molecule has 0 saturated carbocycles. The fourth-order valence-corrected chi connectivity index (χ4v) is 1.87. The van der Waals surface area contributed by atoms with Gasteiger partial charge in [0.1, 0.15) is 0 Å². The Morgan fingerprint density at radius 3 is 2.23 bits per heavy atom. The predicted octanol–water partition coefficient (Wildman–Crippen LogP) is 3.10. The number of aryl methyl sites for hydroxylation is 1. The third-order valence-electron chi connectivity index (χ3n) is 3.14. The number of benzene rings is 2. The first kappa shape index (κ1) is 15.6. The number of nitrogens with one attached hydrogen (secondary N) is 2. The third-order valence-corrected chi connectivity index (χ3v) is 3.14. The highest BCUT2D eigenvalue weighted by Crippen LogP contribution is 2.09. The second-order valence-electron chi connectivity index (χ2n) is 4.86. The van der Waals surface area contributed by atoms with E-state index in [-0.39, 0.29) is 12.0 Å². The normalized spacial score (nSPS) is 9.91. The standard InChI is InChI=1S/C17H18N2O3/c1-12-3-9-15(10-4-12)19-17(21)18-11-13-5-7-14(8-6-13)16(20)22-2/h3-10H,11H2,1-2H3,(H2,18,19,21). The van der Waals surface area contributed by atoms with Gasteiger partial charge < -0.3 is 15.4 Å². The monoisotopic (exact) mass is 298 g/mol. The Kier molecular flexibility index (Phi) is 5.14. The van der Waals surface area contributed by atoms with Crippen LogP contribution in [0.5, 0.6) is 0 Å². The summed E-state index contributed by atoms with van der Waals surface area (Å²) in [6.45, 7) is 2.36. The van der Waals surface area contributed by atoms with Crippen LogP contribution in [-0.2, 0) is 11.3 Å². The van der Waals surface area contributed by atoms with Crippen molar-refractivity contribution in [3.63, 3.8) is 0 Å². The number of hydrogen-bond donors (Lipinski definition) is 2. The van der Waals surface area contributed by atoms with Crippen LogP contribution < -0.4 is 10.6 Å². The van der Waals surface area contributed by atoms with E-state index in [9.17, 15) is 9.59 Å². The van der Waals surface area contributed by atoms with Crippen molar-refractivity contribution in [3.8, 4) is 0 Å². The number of anilines is 1. The third kappa shape index (κ3) is 4.34. The van der Waals surface area contributed by atoms with Crippen molar-refractivity contribution in [2.45, 2.75) is 13.5 Å². The molecular formula is C17H18N2O3. The molecule has 5 nitrogen and oxygen atoms in total. The number of carbonyl (C=O) groups excluding carboxylic acids is 2. The fraction of sp³-hybridized carbons (Fsp3) is 0.176. The first-order chi connectivity index (χ1) is 10.6. The Morgan fingerprint density at radius 2 is 1.64 bits per heavy atom. The van der Waals surface area contributed by atoms with E-state index in [1.807, 2.05) is 31.2 Å². The lowest BCUT2D eigenvalue weighted by Crippen LogP contribution is -2.28. The number of carbonyl (C=O) groups is 2. The van der Waals surface area contributed by atoms with Crippen LogP contribution in [0.15, 0.2) is 48.5 Å². The molecule has 114 valence electrons. The number of methoxy groups -OCH3 is 1. The van der Waals surface area contributed by atoms with Gasteiger partial charge in [-0.15, -0.1) is 0 Å². The maximum absolute atomic E-state index is 11.8. The minimum Gasteiger partial charge on any atom is -0.465 e. The highest BCUT2D eigenvalue weighted by molar-refractivity contribution is 5.90. The quantitative estimate of drug-likeness (QED) is 0.852. The van der Waals surface area contributed by atoms with Crippen molar-refractivity contribution in [2.24, 2.45) is 0 Å². The molecule has 0 saturated heterocycles. The van der Waals surface area contributed by atoms with Crippen LogP contribution in [0.2, 0.25) is 0 Å². The first-order valence-corrected chi connectivity index (χ1v) is 6.87. The number of urea groups is 1. The van der Waals surface area contributed by atoms with Gasteiger partial charge in [-0.25, -0.2) is 9.59 Å². The number of esters is 1. The van der Waals surface area contributed by atoms with Gasteiger partial charge in [-0.1, -0.05) is 29.8 Å². The van der Waals surface area contributed by atoms with Crippen molar-refractivity contribution in [1.82, 2.24) is 5.32 Å². The Hall–Kier alpha value is -2.82. The molecular weight excluding hydrogens is 280 g/mol. The zero-order chi connectivity index (χ0) is 15.9. The average molecular weight is 298 g/mol. The van der Waals surface area contributed by atoms with Crippen molar-refractivity contribution in [1.29, 1.82) is 0 Å². The van der Waals surface area contributed by atoms with Gasteiger partial charge in [0.15, 0.2) is 0 Å². The molecule has 2 rings (SSSR count). The molecule has 0 heterocycles.